The van der Waals surface area contributed by atoms with E-state index >= 15 is 0 Å². The van der Waals surface area contributed by atoms with E-state index < -0.39 is 0 Å². The quantitative estimate of drug-likeness (QED) is 0.418. The van der Waals surface area contributed by atoms with Gasteiger partial charge >= 0.3 is 0 Å². The standard InChI is InChI=1S/C8H12/c1-7-3-5-8(2)6-4-7/h3,7H,4,6H2,1-2H3. The Morgan fingerprint density at radius 1 is 1.75 bits per heavy atom. The van der Waals surface area contributed by atoms with Crippen LogP contribution in [0.1, 0.15) is 26.7 Å². The molecule has 0 spiro atoms. The van der Waals surface area contributed by atoms with Crippen molar-refractivity contribution in [3.8, 4) is 0 Å². The first-order valence-electron chi connectivity index (χ1n) is 3.21. The molecule has 1 atom stereocenters. The Morgan fingerprint density at radius 3 is 2.88 bits per heavy atom. The number of hydrogen-bond donors (Lipinski definition) is 0. The highest BCUT2D eigenvalue weighted by atomic mass is 14.1. The SMILES string of the molecule is CC1=C=CC(C)CC1. The van der Waals surface area contributed by atoms with Gasteiger partial charge in [-0.3, -0.25) is 0 Å². The van der Waals surface area contributed by atoms with Crippen LogP contribution in [0.2, 0.25) is 0 Å². The summed E-state index contributed by atoms with van der Waals surface area (Å²) >= 11 is 0. The molecule has 0 fully saturated rings. The van der Waals surface area contributed by atoms with E-state index in [1.54, 1.807) is 0 Å². The van der Waals surface area contributed by atoms with Crippen LogP contribution in [0.4, 0.5) is 0 Å². The molecule has 8 heavy (non-hydrogen) atoms. The molecule has 0 aromatic heterocycles. The first-order valence-corrected chi connectivity index (χ1v) is 3.21. The third-order valence-electron chi connectivity index (χ3n) is 1.59. The smallest absolute Gasteiger partial charge is 0.0183 e. The van der Waals surface area contributed by atoms with E-state index in [-0.39, 0.29) is 0 Å². The lowest BCUT2D eigenvalue weighted by Gasteiger charge is -2.07. The summed E-state index contributed by atoms with van der Waals surface area (Å²) in [7, 11) is 0. The van der Waals surface area contributed by atoms with Crippen molar-refractivity contribution < 1.29 is 0 Å². The van der Waals surface area contributed by atoms with Crippen molar-refractivity contribution in [2.45, 2.75) is 26.7 Å². The predicted octanol–water partition coefficient (Wildman–Crippen LogP) is 2.52. The van der Waals surface area contributed by atoms with Gasteiger partial charge in [0.25, 0.3) is 0 Å². The molecule has 1 aliphatic carbocycles. The van der Waals surface area contributed by atoms with Gasteiger partial charge in [-0.25, -0.2) is 0 Å². The van der Waals surface area contributed by atoms with Gasteiger partial charge in [0.05, 0.1) is 0 Å². The molecule has 1 rings (SSSR count). The molecule has 0 aromatic rings. The summed E-state index contributed by atoms with van der Waals surface area (Å²) in [5.41, 5.74) is 4.63. The van der Waals surface area contributed by atoms with Crippen LogP contribution in [-0.4, -0.2) is 0 Å². The van der Waals surface area contributed by atoms with Gasteiger partial charge in [-0.1, -0.05) is 6.92 Å². The lowest BCUT2D eigenvalue weighted by atomic mass is 9.98. The summed E-state index contributed by atoms with van der Waals surface area (Å²) in [5, 5.41) is 0. The van der Waals surface area contributed by atoms with E-state index in [9.17, 15) is 0 Å². The fourth-order valence-electron chi connectivity index (χ4n) is 0.884. The third-order valence-corrected chi connectivity index (χ3v) is 1.59. The van der Waals surface area contributed by atoms with Gasteiger partial charge in [-0.15, -0.1) is 5.73 Å². The van der Waals surface area contributed by atoms with Crippen molar-refractivity contribution in [2.75, 3.05) is 0 Å². The molecular weight excluding hydrogens is 96.1 g/mol. The van der Waals surface area contributed by atoms with Crippen molar-refractivity contribution in [2.24, 2.45) is 5.92 Å². The van der Waals surface area contributed by atoms with Gasteiger partial charge in [0.2, 0.25) is 0 Å². The van der Waals surface area contributed by atoms with E-state index in [0.29, 0.717) is 0 Å². The average molecular weight is 108 g/mol. The summed E-state index contributed by atoms with van der Waals surface area (Å²) in [4.78, 5) is 0. The molecule has 0 aromatic carbocycles. The molecular formula is C8H12. The summed E-state index contributed by atoms with van der Waals surface area (Å²) in [5.74, 6) is 0.763. The minimum absolute atomic E-state index is 0.763. The molecule has 1 unspecified atom stereocenters. The van der Waals surface area contributed by atoms with Gasteiger partial charge in [0.1, 0.15) is 0 Å². The lowest BCUT2D eigenvalue weighted by molar-refractivity contribution is 0.632. The van der Waals surface area contributed by atoms with Crippen LogP contribution >= 0.6 is 0 Å². The highest BCUT2D eigenvalue weighted by molar-refractivity contribution is 5.04. The third kappa shape index (κ3) is 1.24. The zero-order valence-electron chi connectivity index (χ0n) is 5.57. The topological polar surface area (TPSA) is 0 Å². The maximum absolute atomic E-state index is 3.22. The van der Waals surface area contributed by atoms with Crippen LogP contribution in [0.15, 0.2) is 17.4 Å². The Balaban J connectivity index is 2.69. The van der Waals surface area contributed by atoms with Gasteiger partial charge in [-0.2, -0.15) is 0 Å². The molecule has 1 aliphatic rings. The van der Waals surface area contributed by atoms with Gasteiger partial charge < -0.3 is 0 Å². The van der Waals surface area contributed by atoms with Crippen molar-refractivity contribution in [3.05, 3.63) is 17.4 Å². The van der Waals surface area contributed by atoms with E-state index in [0.717, 1.165) is 5.92 Å². The van der Waals surface area contributed by atoms with Crippen LogP contribution in [0, 0.1) is 5.92 Å². The first kappa shape index (κ1) is 5.65. The average Bonchev–Trinajstić information content (AvgIpc) is 1.77. The summed E-state index contributed by atoms with van der Waals surface area (Å²) in [6, 6.07) is 0. The second kappa shape index (κ2) is 2.19. The minimum Gasteiger partial charge on any atom is -0.126 e. The molecule has 0 aliphatic heterocycles. The normalized spacial score (nSPS) is 27.8. The van der Waals surface area contributed by atoms with Crippen molar-refractivity contribution in [1.82, 2.24) is 0 Å². The Hall–Kier alpha value is -0.480. The Bertz CT molecular complexity index is 136. The van der Waals surface area contributed by atoms with Crippen LogP contribution in [0.3, 0.4) is 0 Å². The largest absolute Gasteiger partial charge is 0.126 e. The summed E-state index contributed by atoms with van der Waals surface area (Å²) in [6.45, 7) is 4.38. The molecule has 44 valence electrons. The predicted molar refractivity (Wildman–Crippen MR) is 35.7 cm³/mol. The maximum Gasteiger partial charge on any atom is -0.0183 e. The van der Waals surface area contributed by atoms with E-state index in [1.165, 1.54) is 18.4 Å². The monoisotopic (exact) mass is 108 g/mol. The Kier molecular flexibility index (Phi) is 1.55. The van der Waals surface area contributed by atoms with Crippen molar-refractivity contribution in [1.29, 1.82) is 0 Å². The lowest BCUT2D eigenvalue weighted by Crippen LogP contribution is -1.93. The zero-order chi connectivity index (χ0) is 5.98. The summed E-state index contributed by atoms with van der Waals surface area (Å²) in [6.07, 6.45) is 4.73. The van der Waals surface area contributed by atoms with Crippen LogP contribution in [-0.2, 0) is 0 Å². The molecule has 0 heterocycles. The molecule has 0 N–H and O–H groups in total. The number of hydrogen-bond acceptors (Lipinski definition) is 0. The molecule has 0 nitrogen and oxygen atoms in total. The maximum atomic E-state index is 3.22. The molecule has 0 saturated heterocycles. The summed E-state index contributed by atoms with van der Waals surface area (Å²) < 4.78 is 0. The van der Waals surface area contributed by atoms with Crippen LogP contribution in [0.25, 0.3) is 0 Å². The molecule has 0 saturated carbocycles. The second-order valence-corrected chi connectivity index (χ2v) is 2.61. The fourth-order valence-corrected chi connectivity index (χ4v) is 0.884. The van der Waals surface area contributed by atoms with Crippen molar-refractivity contribution in [3.63, 3.8) is 0 Å². The second-order valence-electron chi connectivity index (χ2n) is 2.61. The molecule has 0 radical (unpaired) electrons. The first-order chi connectivity index (χ1) is 3.79. The molecule has 0 bridgehead atoms. The Morgan fingerprint density at radius 2 is 2.50 bits per heavy atom. The van der Waals surface area contributed by atoms with Gasteiger partial charge in [-0.05, 0) is 37.3 Å². The van der Waals surface area contributed by atoms with E-state index in [2.05, 4.69) is 25.7 Å². The van der Waals surface area contributed by atoms with E-state index in [4.69, 9.17) is 0 Å². The Labute approximate surface area is 50.9 Å². The van der Waals surface area contributed by atoms with E-state index in [1.807, 2.05) is 0 Å². The molecule has 0 amide bonds. The van der Waals surface area contributed by atoms with Crippen molar-refractivity contribution >= 4 is 0 Å². The number of rotatable bonds is 0. The number of allylic oxidation sites excluding steroid dienone is 1. The zero-order valence-corrected chi connectivity index (χ0v) is 5.57. The highest BCUT2D eigenvalue weighted by Crippen LogP contribution is 2.15. The molecule has 0 heteroatoms. The van der Waals surface area contributed by atoms with Gasteiger partial charge in [0.15, 0.2) is 0 Å². The fraction of sp³-hybridized carbons (Fsp3) is 0.625. The van der Waals surface area contributed by atoms with Crippen LogP contribution in [0.5, 0.6) is 0 Å². The van der Waals surface area contributed by atoms with Crippen LogP contribution < -0.4 is 0 Å². The van der Waals surface area contributed by atoms with Gasteiger partial charge in [0, 0.05) is 0 Å². The minimum atomic E-state index is 0.763. The highest BCUT2D eigenvalue weighted by Gasteiger charge is 2.00.